The van der Waals surface area contributed by atoms with Crippen LogP contribution in [0.1, 0.15) is 6.23 Å². The van der Waals surface area contributed by atoms with Crippen LogP contribution in [0.4, 0.5) is 0 Å². The molecule has 1 aliphatic heterocycles. The van der Waals surface area contributed by atoms with E-state index in [0.29, 0.717) is 0 Å². The van der Waals surface area contributed by atoms with Crippen LogP contribution in [-0.2, 0) is 4.74 Å². The standard InChI is InChI=1S/C9H11N5O5/c10-13-12-6-7(17)4(3-15)19-8(6)14-2-1-5(16)11-9(14)18/h1-2,4,6-8,15,17H,3H2,(H,11,16,18)/t4-,6+,7?,8-/m1/s1. The van der Waals surface area contributed by atoms with Crippen molar-refractivity contribution in [1.82, 2.24) is 9.55 Å². The van der Waals surface area contributed by atoms with Crippen molar-refractivity contribution in [3.8, 4) is 0 Å². The highest BCUT2D eigenvalue weighted by atomic mass is 16.5. The summed E-state index contributed by atoms with van der Waals surface area (Å²) in [5.41, 5.74) is 7.12. The van der Waals surface area contributed by atoms with E-state index in [-0.39, 0.29) is 0 Å². The molecule has 0 bridgehead atoms. The highest BCUT2D eigenvalue weighted by molar-refractivity contribution is 4.96. The normalized spacial score (nSPS) is 30.0. The molecule has 1 aromatic rings. The molecule has 1 fully saturated rings. The Bertz CT molecular complexity index is 618. The van der Waals surface area contributed by atoms with Gasteiger partial charge in [0.05, 0.1) is 12.7 Å². The quantitative estimate of drug-likeness (QED) is 0.345. The summed E-state index contributed by atoms with van der Waals surface area (Å²) in [6.07, 6.45) is -2.14. The number of H-pyrrole nitrogens is 1. The Hall–Kier alpha value is -2.13. The van der Waals surface area contributed by atoms with Gasteiger partial charge >= 0.3 is 5.69 Å². The van der Waals surface area contributed by atoms with E-state index in [9.17, 15) is 14.7 Å². The third-order valence-electron chi connectivity index (χ3n) is 2.83. The van der Waals surface area contributed by atoms with Crippen LogP contribution >= 0.6 is 0 Å². The number of aliphatic hydroxyl groups excluding tert-OH is 2. The Morgan fingerprint density at radius 2 is 2.32 bits per heavy atom. The Morgan fingerprint density at radius 3 is 2.89 bits per heavy atom. The molecule has 0 spiro atoms. The molecule has 1 aliphatic rings. The first-order valence-electron chi connectivity index (χ1n) is 5.38. The summed E-state index contributed by atoms with van der Waals surface area (Å²) < 4.78 is 6.26. The van der Waals surface area contributed by atoms with E-state index >= 15 is 0 Å². The molecule has 10 nitrogen and oxygen atoms in total. The smallest absolute Gasteiger partial charge is 0.330 e. The monoisotopic (exact) mass is 269 g/mol. The van der Waals surface area contributed by atoms with Crippen LogP contribution in [0, 0.1) is 0 Å². The Morgan fingerprint density at radius 1 is 1.58 bits per heavy atom. The molecule has 102 valence electrons. The number of aliphatic hydroxyl groups is 2. The summed E-state index contributed by atoms with van der Waals surface area (Å²) in [7, 11) is 0. The number of rotatable bonds is 3. The lowest BCUT2D eigenvalue weighted by atomic mass is 10.1. The van der Waals surface area contributed by atoms with Crippen molar-refractivity contribution in [2.45, 2.75) is 24.5 Å². The minimum atomic E-state index is -1.25. The molecule has 0 aromatic carbocycles. The van der Waals surface area contributed by atoms with Gasteiger partial charge in [-0.15, -0.1) is 0 Å². The van der Waals surface area contributed by atoms with Crippen LogP contribution in [0.25, 0.3) is 10.4 Å². The van der Waals surface area contributed by atoms with Gasteiger partial charge in [0.2, 0.25) is 0 Å². The summed E-state index contributed by atoms with van der Waals surface area (Å²) in [5.74, 6) is 0. The first kappa shape index (κ1) is 13.3. The van der Waals surface area contributed by atoms with Gasteiger partial charge in [0.25, 0.3) is 5.56 Å². The lowest BCUT2D eigenvalue weighted by Gasteiger charge is -2.17. The minimum Gasteiger partial charge on any atom is -0.394 e. The zero-order chi connectivity index (χ0) is 14.0. The van der Waals surface area contributed by atoms with Gasteiger partial charge in [-0.05, 0) is 5.53 Å². The van der Waals surface area contributed by atoms with E-state index in [1.165, 1.54) is 0 Å². The fraction of sp³-hybridized carbons (Fsp3) is 0.556. The average molecular weight is 269 g/mol. The topological polar surface area (TPSA) is 153 Å². The molecular formula is C9H11N5O5. The van der Waals surface area contributed by atoms with Crippen molar-refractivity contribution in [3.05, 3.63) is 43.5 Å². The van der Waals surface area contributed by atoms with Gasteiger partial charge in [-0.3, -0.25) is 14.3 Å². The van der Waals surface area contributed by atoms with E-state index in [2.05, 4.69) is 10.0 Å². The molecule has 0 amide bonds. The van der Waals surface area contributed by atoms with Crippen molar-refractivity contribution >= 4 is 0 Å². The Kier molecular flexibility index (Phi) is 3.67. The van der Waals surface area contributed by atoms with Crippen molar-refractivity contribution in [2.75, 3.05) is 6.61 Å². The van der Waals surface area contributed by atoms with Crippen LogP contribution in [0.5, 0.6) is 0 Å². The molecule has 1 unspecified atom stereocenters. The number of aromatic nitrogens is 2. The molecule has 3 N–H and O–H groups in total. The van der Waals surface area contributed by atoms with Crippen LogP contribution in [0.15, 0.2) is 27.0 Å². The van der Waals surface area contributed by atoms with Crippen LogP contribution in [0.2, 0.25) is 0 Å². The summed E-state index contributed by atoms with van der Waals surface area (Å²) >= 11 is 0. The van der Waals surface area contributed by atoms with Gasteiger partial charge in [0, 0.05) is 17.2 Å². The summed E-state index contributed by atoms with van der Waals surface area (Å²) in [6.45, 7) is -0.493. The van der Waals surface area contributed by atoms with E-state index in [1.54, 1.807) is 0 Å². The summed E-state index contributed by atoms with van der Waals surface area (Å²) in [4.78, 5) is 27.2. The van der Waals surface area contributed by atoms with Crippen LogP contribution < -0.4 is 11.2 Å². The van der Waals surface area contributed by atoms with Crippen molar-refractivity contribution in [3.63, 3.8) is 0 Å². The summed E-state index contributed by atoms with van der Waals surface area (Å²) in [6, 6.07) is 0.0158. The first-order valence-corrected chi connectivity index (χ1v) is 5.38. The first-order chi connectivity index (χ1) is 9.08. The number of nitrogens with zero attached hydrogens (tertiary/aromatic N) is 4. The number of ether oxygens (including phenoxy) is 1. The zero-order valence-corrected chi connectivity index (χ0v) is 9.58. The number of hydrogen-bond donors (Lipinski definition) is 3. The minimum absolute atomic E-state index is 0.493. The molecule has 1 aromatic heterocycles. The van der Waals surface area contributed by atoms with E-state index in [1.807, 2.05) is 4.98 Å². The maximum atomic E-state index is 11.6. The number of nitrogens with one attached hydrogen (secondary N) is 1. The Balaban J connectivity index is 2.44. The zero-order valence-electron chi connectivity index (χ0n) is 9.58. The molecule has 4 atom stereocenters. The van der Waals surface area contributed by atoms with Crippen molar-refractivity contribution in [1.29, 1.82) is 0 Å². The maximum Gasteiger partial charge on any atom is 0.330 e. The average Bonchev–Trinajstić information content (AvgIpc) is 2.68. The highest BCUT2D eigenvalue weighted by Crippen LogP contribution is 2.30. The predicted octanol–water partition coefficient (Wildman–Crippen LogP) is -1.53. The largest absolute Gasteiger partial charge is 0.394 e. The van der Waals surface area contributed by atoms with Gasteiger partial charge in [-0.2, -0.15) is 0 Å². The molecule has 10 heteroatoms. The predicted molar refractivity (Wildman–Crippen MR) is 61.3 cm³/mol. The van der Waals surface area contributed by atoms with E-state index in [0.717, 1.165) is 16.8 Å². The fourth-order valence-corrected chi connectivity index (χ4v) is 1.92. The number of azide groups is 1. The van der Waals surface area contributed by atoms with Gasteiger partial charge in [0.1, 0.15) is 18.4 Å². The molecule has 0 radical (unpaired) electrons. The molecule has 19 heavy (non-hydrogen) atoms. The van der Waals surface area contributed by atoms with E-state index in [4.69, 9.17) is 15.4 Å². The summed E-state index contributed by atoms with van der Waals surface area (Å²) in [5, 5.41) is 22.2. The van der Waals surface area contributed by atoms with E-state index < -0.39 is 42.3 Å². The Labute approximate surface area is 105 Å². The van der Waals surface area contributed by atoms with Crippen LogP contribution in [0.3, 0.4) is 0 Å². The second kappa shape index (κ2) is 5.24. The van der Waals surface area contributed by atoms with Gasteiger partial charge in [-0.1, -0.05) is 5.11 Å². The number of aromatic amines is 1. The lowest BCUT2D eigenvalue weighted by Crippen LogP contribution is -2.36. The molecule has 0 saturated carbocycles. The molecular weight excluding hydrogens is 258 g/mol. The second-order valence-electron chi connectivity index (χ2n) is 3.95. The molecule has 0 aliphatic carbocycles. The lowest BCUT2D eigenvalue weighted by molar-refractivity contribution is -0.0464. The van der Waals surface area contributed by atoms with Gasteiger partial charge in [0.15, 0.2) is 0 Å². The molecule has 1 saturated heterocycles. The third kappa shape index (κ3) is 2.37. The number of hydrogen-bond acceptors (Lipinski definition) is 6. The second-order valence-corrected chi connectivity index (χ2v) is 3.95. The van der Waals surface area contributed by atoms with Gasteiger partial charge < -0.3 is 14.9 Å². The molecule has 2 rings (SSSR count). The van der Waals surface area contributed by atoms with Crippen molar-refractivity contribution < 1.29 is 14.9 Å². The SMILES string of the molecule is [N-]=[N+]=N[C@H]1C(O)[C@@H](CO)O[C@H]1n1ccc(=O)[nH]c1=O. The highest BCUT2D eigenvalue weighted by Gasteiger charge is 2.44. The maximum absolute atomic E-state index is 11.6. The third-order valence-corrected chi connectivity index (χ3v) is 2.83. The van der Waals surface area contributed by atoms with Crippen molar-refractivity contribution in [2.24, 2.45) is 5.11 Å². The molecule has 2 heterocycles. The van der Waals surface area contributed by atoms with Gasteiger partial charge in [-0.25, -0.2) is 4.79 Å². The van der Waals surface area contributed by atoms with Crippen LogP contribution in [-0.4, -0.2) is 44.6 Å². The fourth-order valence-electron chi connectivity index (χ4n) is 1.92.